The third-order valence-electron chi connectivity index (χ3n) is 4.03. The molecule has 0 aliphatic carbocycles. The molecule has 7 heteroatoms. The summed E-state index contributed by atoms with van der Waals surface area (Å²) in [6, 6.07) is 14.4. The molecule has 0 aliphatic rings. The summed E-state index contributed by atoms with van der Waals surface area (Å²) in [7, 11) is -3.49. The van der Waals surface area contributed by atoms with Crippen molar-refractivity contribution >= 4 is 27.3 Å². The van der Waals surface area contributed by atoms with Crippen LogP contribution >= 0.6 is 0 Å². The van der Waals surface area contributed by atoms with Gasteiger partial charge in [0.1, 0.15) is 5.75 Å². The van der Waals surface area contributed by atoms with Crippen molar-refractivity contribution in [2.45, 2.75) is 26.7 Å². The number of ether oxygens (including phenoxy) is 1. The van der Waals surface area contributed by atoms with Crippen LogP contribution in [0.4, 0.5) is 11.4 Å². The number of carbonyl (C=O) groups is 1. The number of hydrogen-bond donors (Lipinski definition) is 1. The van der Waals surface area contributed by atoms with Crippen molar-refractivity contribution in [2.24, 2.45) is 0 Å². The van der Waals surface area contributed by atoms with Crippen LogP contribution in [0, 0.1) is 0 Å². The predicted molar refractivity (Wildman–Crippen MR) is 109 cm³/mol. The fourth-order valence-corrected chi connectivity index (χ4v) is 3.70. The van der Waals surface area contributed by atoms with Crippen molar-refractivity contribution < 1.29 is 17.9 Å². The third-order valence-corrected chi connectivity index (χ3v) is 5.21. The summed E-state index contributed by atoms with van der Waals surface area (Å²) in [6.07, 6.45) is 1.92. The molecule has 0 saturated carbocycles. The van der Waals surface area contributed by atoms with Crippen molar-refractivity contribution in [1.82, 2.24) is 0 Å². The number of nitrogens with one attached hydrogen (secondary N) is 1. The van der Waals surface area contributed by atoms with Gasteiger partial charge in [0, 0.05) is 18.7 Å². The van der Waals surface area contributed by atoms with Crippen LogP contribution in [0.2, 0.25) is 0 Å². The third kappa shape index (κ3) is 5.99. The molecular weight excluding hydrogens is 364 g/mol. The minimum atomic E-state index is -3.49. The van der Waals surface area contributed by atoms with Crippen LogP contribution in [-0.2, 0) is 21.2 Å². The van der Waals surface area contributed by atoms with E-state index in [4.69, 9.17) is 4.74 Å². The lowest BCUT2D eigenvalue weighted by Gasteiger charge is -2.24. The molecule has 1 amide bonds. The van der Waals surface area contributed by atoms with E-state index >= 15 is 0 Å². The van der Waals surface area contributed by atoms with Crippen molar-refractivity contribution in [3.05, 3.63) is 54.1 Å². The molecule has 0 aliphatic heterocycles. The normalized spacial score (nSPS) is 11.1. The summed E-state index contributed by atoms with van der Waals surface area (Å²) in [5.41, 5.74) is 2.19. The maximum Gasteiger partial charge on any atom is 0.232 e. The highest BCUT2D eigenvalue weighted by molar-refractivity contribution is 7.92. The molecule has 1 N–H and O–H groups in total. The van der Waals surface area contributed by atoms with E-state index in [0.29, 0.717) is 24.4 Å². The van der Waals surface area contributed by atoms with Crippen LogP contribution in [0.5, 0.6) is 5.75 Å². The number of benzene rings is 2. The minimum Gasteiger partial charge on any atom is -0.494 e. The van der Waals surface area contributed by atoms with Gasteiger partial charge in [-0.1, -0.05) is 25.1 Å². The van der Waals surface area contributed by atoms with E-state index in [2.05, 4.69) is 5.32 Å². The largest absolute Gasteiger partial charge is 0.494 e. The van der Waals surface area contributed by atoms with Crippen molar-refractivity contribution in [2.75, 3.05) is 29.0 Å². The van der Waals surface area contributed by atoms with E-state index in [9.17, 15) is 13.2 Å². The number of rotatable bonds is 9. The highest BCUT2D eigenvalue weighted by Gasteiger charge is 2.20. The average Bonchev–Trinajstić information content (AvgIpc) is 2.63. The first-order valence-electron chi connectivity index (χ1n) is 8.93. The maximum absolute atomic E-state index is 12.3. The van der Waals surface area contributed by atoms with Gasteiger partial charge in [-0.25, -0.2) is 8.42 Å². The van der Waals surface area contributed by atoms with Crippen molar-refractivity contribution in [3.8, 4) is 5.75 Å². The Hall–Kier alpha value is -2.54. The molecule has 2 aromatic carbocycles. The van der Waals surface area contributed by atoms with E-state index < -0.39 is 10.0 Å². The van der Waals surface area contributed by atoms with Gasteiger partial charge in [0.15, 0.2) is 0 Å². The quantitative estimate of drug-likeness (QED) is 0.712. The Morgan fingerprint density at radius 2 is 1.74 bits per heavy atom. The van der Waals surface area contributed by atoms with Gasteiger partial charge in [-0.05, 0) is 49.2 Å². The summed E-state index contributed by atoms with van der Waals surface area (Å²) >= 11 is 0. The van der Waals surface area contributed by atoms with Gasteiger partial charge in [-0.2, -0.15) is 0 Å². The number of nitrogens with zero attached hydrogens (tertiary/aromatic N) is 1. The van der Waals surface area contributed by atoms with Gasteiger partial charge in [0.2, 0.25) is 15.9 Å². The van der Waals surface area contributed by atoms with E-state index in [-0.39, 0.29) is 18.9 Å². The Labute approximate surface area is 161 Å². The lowest BCUT2D eigenvalue weighted by Crippen LogP contribution is -2.33. The lowest BCUT2D eigenvalue weighted by molar-refractivity contribution is -0.116. The summed E-state index contributed by atoms with van der Waals surface area (Å²) in [5, 5.41) is 2.78. The first-order valence-corrected chi connectivity index (χ1v) is 10.8. The standard InChI is InChI=1S/C20H26N2O4S/c1-4-16-8-6-7-9-19(16)22(27(3,24)25)15-14-20(23)21-17-10-12-18(13-11-17)26-5-2/h6-13H,4-5,14-15H2,1-3H3,(H,21,23). The van der Waals surface area contributed by atoms with Gasteiger partial charge in [0.05, 0.1) is 18.6 Å². The molecule has 27 heavy (non-hydrogen) atoms. The second-order valence-electron chi connectivity index (χ2n) is 6.07. The second kappa shape index (κ2) is 9.41. The van der Waals surface area contributed by atoms with Crippen LogP contribution in [0.15, 0.2) is 48.5 Å². The molecule has 0 unspecified atom stereocenters. The van der Waals surface area contributed by atoms with Gasteiger partial charge in [0.25, 0.3) is 0 Å². The summed E-state index contributed by atoms with van der Waals surface area (Å²) in [4.78, 5) is 12.3. The van der Waals surface area contributed by atoms with Crippen LogP contribution in [-0.4, -0.2) is 33.7 Å². The number of para-hydroxylation sites is 1. The molecule has 0 radical (unpaired) electrons. The van der Waals surface area contributed by atoms with Crippen LogP contribution in [0.25, 0.3) is 0 Å². The molecular formula is C20H26N2O4S. The Kier molecular flexibility index (Phi) is 7.24. The number of hydrogen-bond acceptors (Lipinski definition) is 4. The zero-order valence-corrected chi connectivity index (χ0v) is 16.8. The molecule has 6 nitrogen and oxygen atoms in total. The average molecular weight is 391 g/mol. The molecule has 0 saturated heterocycles. The molecule has 146 valence electrons. The smallest absolute Gasteiger partial charge is 0.232 e. The SMILES string of the molecule is CCOc1ccc(NC(=O)CCN(c2ccccc2CC)S(C)(=O)=O)cc1. The van der Waals surface area contributed by atoms with E-state index in [1.54, 1.807) is 36.4 Å². The number of amides is 1. The fraction of sp³-hybridized carbons (Fsp3) is 0.350. The highest BCUT2D eigenvalue weighted by atomic mass is 32.2. The molecule has 0 spiro atoms. The molecule has 2 rings (SSSR count). The topological polar surface area (TPSA) is 75.7 Å². The summed E-state index contributed by atoms with van der Waals surface area (Å²) < 4.78 is 31.2. The Morgan fingerprint density at radius 1 is 1.07 bits per heavy atom. The van der Waals surface area contributed by atoms with Gasteiger partial charge in [-0.15, -0.1) is 0 Å². The summed E-state index contributed by atoms with van der Waals surface area (Å²) in [6.45, 7) is 4.53. The zero-order chi connectivity index (χ0) is 19.9. The molecule has 2 aromatic rings. The van der Waals surface area contributed by atoms with Crippen LogP contribution in [0.3, 0.4) is 0 Å². The highest BCUT2D eigenvalue weighted by Crippen LogP contribution is 2.24. The molecule has 0 bridgehead atoms. The Balaban J connectivity index is 2.05. The predicted octanol–water partition coefficient (Wildman–Crippen LogP) is 3.44. The lowest BCUT2D eigenvalue weighted by atomic mass is 10.1. The minimum absolute atomic E-state index is 0.0539. The van der Waals surface area contributed by atoms with Gasteiger partial charge < -0.3 is 10.1 Å². The van der Waals surface area contributed by atoms with E-state index in [0.717, 1.165) is 17.6 Å². The summed E-state index contributed by atoms with van der Waals surface area (Å²) in [5.74, 6) is 0.483. The van der Waals surface area contributed by atoms with Crippen molar-refractivity contribution in [3.63, 3.8) is 0 Å². The van der Waals surface area contributed by atoms with Crippen LogP contribution in [0.1, 0.15) is 25.8 Å². The van der Waals surface area contributed by atoms with Crippen LogP contribution < -0.4 is 14.4 Å². The monoisotopic (exact) mass is 390 g/mol. The van der Waals surface area contributed by atoms with E-state index in [1.807, 2.05) is 26.0 Å². The zero-order valence-electron chi connectivity index (χ0n) is 15.9. The Morgan fingerprint density at radius 3 is 2.33 bits per heavy atom. The van der Waals surface area contributed by atoms with E-state index in [1.165, 1.54) is 4.31 Å². The molecule has 0 heterocycles. The number of aryl methyl sites for hydroxylation is 1. The number of sulfonamides is 1. The first kappa shape index (κ1) is 20.8. The first-order chi connectivity index (χ1) is 12.8. The van der Waals surface area contributed by atoms with Crippen molar-refractivity contribution in [1.29, 1.82) is 0 Å². The Bertz CT molecular complexity index is 864. The number of carbonyl (C=O) groups excluding carboxylic acids is 1. The molecule has 0 aromatic heterocycles. The molecule has 0 fully saturated rings. The fourth-order valence-electron chi connectivity index (χ4n) is 2.75. The number of anilines is 2. The van der Waals surface area contributed by atoms with Gasteiger partial charge >= 0.3 is 0 Å². The van der Waals surface area contributed by atoms with Gasteiger partial charge in [-0.3, -0.25) is 9.10 Å². The second-order valence-corrected chi connectivity index (χ2v) is 7.98. The molecule has 0 atom stereocenters. The maximum atomic E-state index is 12.3.